The van der Waals surface area contributed by atoms with Gasteiger partial charge in [0.1, 0.15) is 0 Å². The van der Waals surface area contributed by atoms with Crippen molar-refractivity contribution in [1.82, 2.24) is 0 Å². The first kappa shape index (κ1) is 15.3. The van der Waals surface area contributed by atoms with E-state index >= 15 is 0 Å². The molecular formula is C18H20O3S. The maximum absolute atomic E-state index is 12.3. The van der Waals surface area contributed by atoms with Crippen LogP contribution in [0.2, 0.25) is 0 Å². The minimum atomic E-state index is -3.71. The van der Waals surface area contributed by atoms with Crippen LogP contribution in [0.4, 0.5) is 0 Å². The van der Waals surface area contributed by atoms with Crippen LogP contribution in [-0.2, 0) is 33.7 Å². The smallest absolute Gasteiger partial charge is 0.262 e. The van der Waals surface area contributed by atoms with E-state index in [-0.39, 0.29) is 11.5 Å². The molecule has 0 spiro atoms. The van der Waals surface area contributed by atoms with Crippen LogP contribution in [0, 0.1) is 13.8 Å². The summed E-state index contributed by atoms with van der Waals surface area (Å²) in [6, 6.07) is 11.0. The SMILES string of the molecule is Cc1ccc(S(=O)(=O)OCc2cc(C)cc3c2CCC3)cc1. The number of hydrogen-bond acceptors (Lipinski definition) is 3. The van der Waals surface area contributed by atoms with Gasteiger partial charge in [0.2, 0.25) is 0 Å². The number of hydrogen-bond donors (Lipinski definition) is 0. The molecule has 0 saturated carbocycles. The topological polar surface area (TPSA) is 43.4 Å². The molecule has 3 rings (SSSR count). The molecule has 0 heterocycles. The lowest BCUT2D eigenvalue weighted by Crippen LogP contribution is -2.08. The molecule has 1 aliphatic rings. The molecule has 0 aromatic heterocycles. The van der Waals surface area contributed by atoms with Gasteiger partial charge in [0.15, 0.2) is 0 Å². The van der Waals surface area contributed by atoms with Gasteiger partial charge < -0.3 is 0 Å². The average molecular weight is 316 g/mol. The summed E-state index contributed by atoms with van der Waals surface area (Å²) in [5, 5.41) is 0. The first-order valence-corrected chi connectivity index (χ1v) is 8.94. The zero-order chi connectivity index (χ0) is 15.7. The molecule has 0 N–H and O–H groups in total. The summed E-state index contributed by atoms with van der Waals surface area (Å²) < 4.78 is 29.9. The van der Waals surface area contributed by atoms with Crippen LogP contribution < -0.4 is 0 Å². The Morgan fingerprint density at radius 1 is 1.00 bits per heavy atom. The standard InChI is InChI=1S/C18H20O3S/c1-13-6-8-17(9-7-13)22(19,20)21-12-16-11-14(2)10-15-4-3-5-18(15)16/h6-11H,3-5,12H2,1-2H3. The summed E-state index contributed by atoms with van der Waals surface area (Å²) in [5.41, 5.74) is 5.79. The molecule has 0 atom stereocenters. The van der Waals surface area contributed by atoms with E-state index in [0.29, 0.717) is 0 Å². The number of rotatable bonds is 4. The van der Waals surface area contributed by atoms with Crippen LogP contribution in [-0.4, -0.2) is 8.42 Å². The van der Waals surface area contributed by atoms with Crippen LogP contribution in [0.25, 0.3) is 0 Å². The Hall–Kier alpha value is -1.65. The highest BCUT2D eigenvalue weighted by Crippen LogP contribution is 2.28. The van der Waals surface area contributed by atoms with Crippen LogP contribution in [0.1, 0.15) is 34.2 Å². The lowest BCUT2D eigenvalue weighted by Gasteiger charge is -2.11. The Morgan fingerprint density at radius 2 is 1.73 bits per heavy atom. The van der Waals surface area contributed by atoms with Gasteiger partial charge in [-0.25, -0.2) is 0 Å². The fourth-order valence-electron chi connectivity index (χ4n) is 3.01. The fraction of sp³-hybridized carbons (Fsp3) is 0.333. The first-order valence-electron chi connectivity index (χ1n) is 7.53. The molecule has 0 saturated heterocycles. The molecule has 116 valence electrons. The fourth-order valence-corrected chi connectivity index (χ4v) is 3.90. The Kier molecular flexibility index (Phi) is 4.06. The second-order valence-corrected chi connectivity index (χ2v) is 7.56. The minimum Gasteiger partial charge on any atom is -0.262 e. The molecule has 1 aliphatic carbocycles. The van der Waals surface area contributed by atoms with Gasteiger partial charge in [-0.3, -0.25) is 4.18 Å². The van der Waals surface area contributed by atoms with Gasteiger partial charge in [-0.15, -0.1) is 0 Å². The lowest BCUT2D eigenvalue weighted by atomic mass is 10.0. The van der Waals surface area contributed by atoms with Crippen molar-refractivity contribution in [2.75, 3.05) is 0 Å². The molecule has 3 nitrogen and oxygen atoms in total. The molecule has 2 aromatic rings. The van der Waals surface area contributed by atoms with E-state index in [0.717, 1.165) is 36.0 Å². The highest BCUT2D eigenvalue weighted by molar-refractivity contribution is 7.86. The predicted octanol–water partition coefficient (Wildman–Crippen LogP) is 3.70. The second-order valence-electron chi connectivity index (χ2n) is 5.94. The van der Waals surface area contributed by atoms with Crippen molar-refractivity contribution < 1.29 is 12.6 Å². The van der Waals surface area contributed by atoms with Crippen LogP contribution in [0.5, 0.6) is 0 Å². The van der Waals surface area contributed by atoms with Gasteiger partial charge in [-0.05, 0) is 61.9 Å². The molecule has 4 heteroatoms. The third-order valence-electron chi connectivity index (χ3n) is 4.13. The molecular weight excluding hydrogens is 296 g/mol. The van der Waals surface area contributed by atoms with Crippen molar-refractivity contribution in [3.63, 3.8) is 0 Å². The van der Waals surface area contributed by atoms with Gasteiger partial charge in [0.05, 0.1) is 11.5 Å². The Balaban J connectivity index is 1.82. The summed E-state index contributed by atoms with van der Waals surface area (Å²) in [7, 11) is -3.71. The number of fused-ring (bicyclic) bond motifs is 1. The maximum Gasteiger partial charge on any atom is 0.297 e. The highest BCUT2D eigenvalue weighted by atomic mass is 32.2. The Bertz CT molecular complexity index is 790. The van der Waals surface area contributed by atoms with Crippen LogP contribution >= 0.6 is 0 Å². The monoisotopic (exact) mass is 316 g/mol. The van der Waals surface area contributed by atoms with Crippen LogP contribution in [0.15, 0.2) is 41.3 Å². The van der Waals surface area contributed by atoms with Crippen molar-refractivity contribution in [1.29, 1.82) is 0 Å². The Labute approximate surface area is 132 Å². The van der Waals surface area contributed by atoms with Gasteiger partial charge in [-0.1, -0.05) is 35.4 Å². The third-order valence-corrected chi connectivity index (χ3v) is 5.41. The van der Waals surface area contributed by atoms with E-state index in [1.807, 2.05) is 19.9 Å². The molecule has 22 heavy (non-hydrogen) atoms. The van der Waals surface area contributed by atoms with E-state index in [1.54, 1.807) is 24.3 Å². The highest BCUT2D eigenvalue weighted by Gasteiger charge is 2.19. The van der Waals surface area contributed by atoms with Crippen LogP contribution in [0.3, 0.4) is 0 Å². The summed E-state index contributed by atoms with van der Waals surface area (Å²) in [6.45, 7) is 4.07. The molecule has 0 aliphatic heterocycles. The summed E-state index contributed by atoms with van der Waals surface area (Å²) in [5.74, 6) is 0. The molecule has 0 unspecified atom stereocenters. The van der Waals surface area contributed by atoms with Crippen molar-refractivity contribution in [3.05, 3.63) is 64.2 Å². The van der Waals surface area contributed by atoms with Gasteiger partial charge >= 0.3 is 0 Å². The molecule has 0 amide bonds. The van der Waals surface area contributed by atoms with Gasteiger partial charge in [-0.2, -0.15) is 8.42 Å². The second kappa shape index (κ2) is 5.86. The van der Waals surface area contributed by atoms with Crippen molar-refractivity contribution in [3.8, 4) is 0 Å². The Morgan fingerprint density at radius 3 is 2.45 bits per heavy atom. The zero-order valence-electron chi connectivity index (χ0n) is 12.9. The summed E-state index contributed by atoms with van der Waals surface area (Å²) >= 11 is 0. The zero-order valence-corrected chi connectivity index (χ0v) is 13.7. The third kappa shape index (κ3) is 3.08. The molecule has 0 radical (unpaired) electrons. The lowest BCUT2D eigenvalue weighted by molar-refractivity contribution is 0.307. The van der Waals surface area contributed by atoms with Crippen molar-refractivity contribution >= 4 is 10.1 Å². The normalized spacial score (nSPS) is 14.1. The molecule has 0 fully saturated rings. The van der Waals surface area contributed by atoms with E-state index in [1.165, 1.54) is 11.1 Å². The van der Waals surface area contributed by atoms with E-state index in [2.05, 4.69) is 6.07 Å². The number of benzene rings is 2. The van der Waals surface area contributed by atoms with E-state index in [9.17, 15) is 8.42 Å². The number of aryl methyl sites for hydroxylation is 3. The predicted molar refractivity (Wildman–Crippen MR) is 86.4 cm³/mol. The van der Waals surface area contributed by atoms with Gasteiger partial charge in [0.25, 0.3) is 10.1 Å². The summed E-state index contributed by atoms with van der Waals surface area (Å²) in [6.07, 6.45) is 3.23. The largest absolute Gasteiger partial charge is 0.297 e. The van der Waals surface area contributed by atoms with Gasteiger partial charge in [0, 0.05) is 0 Å². The van der Waals surface area contributed by atoms with Crippen molar-refractivity contribution in [2.24, 2.45) is 0 Å². The van der Waals surface area contributed by atoms with E-state index in [4.69, 9.17) is 4.18 Å². The average Bonchev–Trinajstić information content (AvgIpc) is 2.93. The molecule has 0 bridgehead atoms. The van der Waals surface area contributed by atoms with Crippen molar-refractivity contribution in [2.45, 2.75) is 44.6 Å². The quantitative estimate of drug-likeness (QED) is 0.808. The summed E-state index contributed by atoms with van der Waals surface area (Å²) in [4.78, 5) is 0.211. The van der Waals surface area contributed by atoms with E-state index < -0.39 is 10.1 Å². The first-order chi connectivity index (χ1) is 10.5. The minimum absolute atomic E-state index is 0.111. The molecule has 2 aromatic carbocycles. The maximum atomic E-state index is 12.3.